The zero-order valence-corrected chi connectivity index (χ0v) is 12.8. The summed E-state index contributed by atoms with van der Waals surface area (Å²) in [5.74, 6) is -0.0394. The maximum Gasteiger partial charge on any atom is 0.254 e. The van der Waals surface area contributed by atoms with Crippen LogP contribution in [0.25, 0.3) is 0 Å². The fourth-order valence-corrected chi connectivity index (χ4v) is 2.49. The maximum atomic E-state index is 12.6. The van der Waals surface area contributed by atoms with Crippen LogP contribution in [0.15, 0.2) is 18.2 Å². The molecule has 1 unspecified atom stereocenters. The van der Waals surface area contributed by atoms with Crippen molar-refractivity contribution in [3.8, 4) is 0 Å². The van der Waals surface area contributed by atoms with Gasteiger partial charge in [-0.1, -0.05) is 6.92 Å². The first kappa shape index (κ1) is 15.8. The molecular weight excluding hydrogens is 268 g/mol. The van der Waals surface area contributed by atoms with E-state index < -0.39 is 0 Å². The predicted molar refractivity (Wildman–Crippen MR) is 82.7 cm³/mol. The molecule has 1 atom stereocenters. The van der Waals surface area contributed by atoms with Crippen molar-refractivity contribution in [1.29, 1.82) is 0 Å². The summed E-state index contributed by atoms with van der Waals surface area (Å²) in [6, 6.07) is 5.46. The summed E-state index contributed by atoms with van der Waals surface area (Å²) in [5.41, 5.74) is 2.78. The maximum absolute atomic E-state index is 12.6. The summed E-state index contributed by atoms with van der Waals surface area (Å²) in [5, 5.41) is 12.7. The predicted octanol–water partition coefficient (Wildman–Crippen LogP) is 1.65. The summed E-state index contributed by atoms with van der Waals surface area (Å²) >= 11 is 0. The number of aryl methyl sites for hydroxylation is 1. The molecule has 2 rings (SSSR count). The van der Waals surface area contributed by atoms with Crippen molar-refractivity contribution in [2.45, 2.75) is 26.3 Å². The molecule has 0 saturated carbocycles. The zero-order chi connectivity index (χ0) is 15.2. The third-order valence-electron chi connectivity index (χ3n) is 3.74. The largest absolute Gasteiger partial charge is 0.394 e. The van der Waals surface area contributed by atoms with E-state index in [1.807, 2.05) is 25.1 Å². The number of benzene rings is 1. The molecule has 0 spiro atoms. The van der Waals surface area contributed by atoms with E-state index in [2.05, 4.69) is 12.2 Å². The zero-order valence-electron chi connectivity index (χ0n) is 12.8. The number of morpholine rings is 1. The van der Waals surface area contributed by atoms with Crippen LogP contribution in [-0.4, -0.2) is 54.9 Å². The van der Waals surface area contributed by atoms with Gasteiger partial charge >= 0.3 is 0 Å². The Hall–Kier alpha value is -1.59. The molecule has 1 fully saturated rings. The van der Waals surface area contributed by atoms with Gasteiger partial charge < -0.3 is 20.1 Å². The van der Waals surface area contributed by atoms with Crippen LogP contribution < -0.4 is 5.32 Å². The van der Waals surface area contributed by atoms with Gasteiger partial charge in [0.2, 0.25) is 0 Å². The number of carbonyl (C=O) groups is 1. The molecule has 1 aromatic carbocycles. The van der Waals surface area contributed by atoms with Gasteiger partial charge in [-0.2, -0.15) is 0 Å². The van der Waals surface area contributed by atoms with Gasteiger partial charge in [-0.25, -0.2) is 0 Å². The number of anilines is 1. The van der Waals surface area contributed by atoms with Crippen LogP contribution in [-0.2, 0) is 4.74 Å². The molecular formula is C16H24N2O3. The van der Waals surface area contributed by atoms with E-state index in [1.54, 1.807) is 4.90 Å². The molecule has 0 radical (unpaired) electrons. The highest BCUT2D eigenvalue weighted by Crippen LogP contribution is 2.19. The number of nitrogens with one attached hydrogen (secondary N) is 1. The van der Waals surface area contributed by atoms with Crippen molar-refractivity contribution in [1.82, 2.24) is 4.90 Å². The highest BCUT2D eigenvalue weighted by molar-refractivity contribution is 5.95. The second-order valence-corrected chi connectivity index (χ2v) is 5.37. The Labute approximate surface area is 125 Å². The molecule has 5 nitrogen and oxygen atoms in total. The number of hydrogen-bond acceptors (Lipinski definition) is 4. The third kappa shape index (κ3) is 3.74. The van der Waals surface area contributed by atoms with Crippen LogP contribution >= 0.6 is 0 Å². The van der Waals surface area contributed by atoms with Crippen molar-refractivity contribution in [2.24, 2.45) is 0 Å². The van der Waals surface area contributed by atoms with Gasteiger partial charge in [-0.05, 0) is 37.1 Å². The summed E-state index contributed by atoms with van der Waals surface area (Å²) in [4.78, 5) is 14.3. The lowest BCUT2D eigenvalue weighted by Crippen LogP contribution is -2.50. The molecule has 5 heteroatoms. The minimum absolute atomic E-state index is 0.0394. The first-order chi connectivity index (χ1) is 10.2. The van der Waals surface area contributed by atoms with E-state index in [4.69, 9.17) is 4.74 Å². The Morgan fingerprint density at radius 2 is 2.33 bits per heavy atom. The van der Waals surface area contributed by atoms with E-state index in [9.17, 15) is 9.90 Å². The number of aliphatic hydroxyl groups excluding tert-OH is 1. The average Bonchev–Trinajstić information content (AvgIpc) is 2.53. The SMILES string of the molecule is CCCNc1ccc(C(=O)N2CCOCC2CO)cc1C. The summed E-state index contributed by atoms with van der Waals surface area (Å²) < 4.78 is 5.31. The molecule has 1 amide bonds. The monoisotopic (exact) mass is 292 g/mol. The first-order valence-electron chi connectivity index (χ1n) is 7.51. The summed E-state index contributed by atoms with van der Waals surface area (Å²) in [7, 11) is 0. The van der Waals surface area contributed by atoms with Gasteiger partial charge in [0.15, 0.2) is 0 Å². The van der Waals surface area contributed by atoms with Crippen molar-refractivity contribution < 1.29 is 14.6 Å². The summed E-state index contributed by atoms with van der Waals surface area (Å²) in [6.07, 6.45) is 1.06. The summed E-state index contributed by atoms with van der Waals surface area (Å²) in [6.45, 7) is 6.42. The van der Waals surface area contributed by atoms with E-state index in [0.717, 1.165) is 24.2 Å². The smallest absolute Gasteiger partial charge is 0.254 e. The number of carbonyl (C=O) groups excluding carboxylic acids is 1. The number of aliphatic hydroxyl groups is 1. The molecule has 1 aromatic rings. The fraction of sp³-hybridized carbons (Fsp3) is 0.562. The quantitative estimate of drug-likeness (QED) is 0.866. The lowest BCUT2D eigenvalue weighted by atomic mass is 10.1. The molecule has 0 bridgehead atoms. The first-order valence-corrected chi connectivity index (χ1v) is 7.51. The van der Waals surface area contributed by atoms with Crippen LogP contribution in [0, 0.1) is 6.92 Å². The highest BCUT2D eigenvalue weighted by atomic mass is 16.5. The Balaban J connectivity index is 2.13. The molecule has 2 N–H and O–H groups in total. The van der Waals surface area contributed by atoms with Crippen molar-refractivity contribution in [2.75, 3.05) is 38.2 Å². The van der Waals surface area contributed by atoms with Crippen molar-refractivity contribution >= 4 is 11.6 Å². The fourth-order valence-electron chi connectivity index (χ4n) is 2.49. The standard InChI is InChI=1S/C16H24N2O3/c1-3-6-17-15-5-4-13(9-12(15)2)16(20)18-7-8-21-11-14(18)10-19/h4-5,9,14,17,19H,3,6-8,10-11H2,1-2H3. The van der Waals surface area contributed by atoms with Gasteiger partial charge in [0, 0.05) is 24.3 Å². The molecule has 1 aliphatic rings. The van der Waals surface area contributed by atoms with Crippen molar-refractivity contribution in [3.63, 3.8) is 0 Å². The lowest BCUT2D eigenvalue weighted by molar-refractivity contribution is -0.0183. The van der Waals surface area contributed by atoms with E-state index in [-0.39, 0.29) is 18.6 Å². The van der Waals surface area contributed by atoms with E-state index in [1.165, 1.54) is 0 Å². The Morgan fingerprint density at radius 1 is 1.52 bits per heavy atom. The number of amides is 1. The number of nitrogens with zero attached hydrogens (tertiary/aromatic N) is 1. The second kappa shape index (κ2) is 7.43. The molecule has 116 valence electrons. The Bertz CT molecular complexity index is 490. The van der Waals surface area contributed by atoms with Gasteiger partial charge in [0.1, 0.15) is 0 Å². The van der Waals surface area contributed by atoms with Gasteiger partial charge in [0.05, 0.1) is 25.9 Å². The molecule has 0 aromatic heterocycles. The minimum atomic E-state index is -0.246. The molecule has 1 aliphatic heterocycles. The lowest BCUT2D eigenvalue weighted by Gasteiger charge is -2.34. The molecule has 1 saturated heterocycles. The average molecular weight is 292 g/mol. The van der Waals surface area contributed by atoms with Gasteiger partial charge in [-0.15, -0.1) is 0 Å². The molecule has 1 heterocycles. The minimum Gasteiger partial charge on any atom is -0.394 e. The topological polar surface area (TPSA) is 61.8 Å². The number of hydrogen-bond donors (Lipinski definition) is 2. The number of rotatable bonds is 5. The van der Waals surface area contributed by atoms with Crippen LogP contribution in [0.3, 0.4) is 0 Å². The normalized spacial score (nSPS) is 18.6. The Morgan fingerprint density at radius 3 is 3.00 bits per heavy atom. The molecule has 0 aliphatic carbocycles. The van der Waals surface area contributed by atoms with E-state index in [0.29, 0.717) is 25.3 Å². The van der Waals surface area contributed by atoms with Crippen LogP contribution in [0.4, 0.5) is 5.69 Å². The van der Waals surface area contributed by atoms with Crippen LogP contribution in [0.1, 0.15) is 29.3 Å². The Kier molecular flexibility index (Phi) is 5.59. The van der Waals surface area contributed by atoms with Crippen LogP contribution in [0.2, 0.25) is 0 Å². The second-order valence-electron chi connectivity index (χ2n) is 5.37. The van der Waals surface area contributed by atoms with Crippen molar-refractivity contribution in [3.05, 3.63) is 29.3 Å². The molecule has 21 heavy (non-hydrogen) atoms. The van der Waals surface area contributed by atoms with E-state index >= 15 is 0 Å². The number of ether oxygens (including phenoxy) is 1. The highest BCUT2D eigenvalue weighted by Gasteiger charge is 2.27. The van der Waals surface area contributed by atoms with Gasteiger partial charge in [-0.3, -0.25) is 4.79 Å². The van der Waals surface area contributed by atoms with Crippen LogP contribution in [0.5, 0.6) is 0 Å². The van der Waals surface area contributed by atoms with Gasteiger partial charge in [0.25, 0.3) is 5.91 Å². The third-order valence-corrected chi connectivity index (χ3v) is 3.74.